The lowest BCUT2D eigenvalue weighted by Gasteiger charge is -2.34. The summed E-state index contributed by atoms with van der Waals surface area (Å²) in [5.74, 6) is 0.892. The van der Waals surface area contributed by atoms with Crippen molar-refractivity contribution in [3.05, 3.63) is 163 Å². The van der Waals surface area contributed by atoms with Crippen molar-refractivity contribution < 1.29 is 0 Å². The first-order chi connectivity index (χ1) is 23.1. The fourth-order valence-electron chi connectivity index (χ4n) is 8.09. The maximum absolute atomic E-state index is 5.27. The van der Waals surface area contributed by atoms with Gasteiger partial charge in [0.2, 0.25) is 0 Å². The zero-order chi connectivity index (χ0) is 31.3. The minimum absolute atomic E-state index is 0.103. The van der Waals surface area contributed by atoms with Gasteiger partial charge in [-0.1, -0.05) is 117 Å². The van der Waals surface area contributed by atoms with Gasteiger partial charge in [-0.15, -0.1) is 0 Å². The Bertz CT molecular complexity index is 2730. The Morgan fingerprint density at radius 1 is 0.532 bits per heavy atom. The number of para-hydroxylation sites is 3. The van der Waals surface area contributed by atoms with Gasteiger partial charge in [0.05, 0.1) is 27.9 Å². The van der Waals surface area contributed by atoms with Crippen molar-refractivity contribution in [3.63, 3.8) is 0 Å². The van der Waals surface area contributed by atoms with E-state index in [0.717, 1.165) is 28.1 Å². The van der Waals surface area contributed by atoms with Gasteiger partial charge in [-0.3, -0.25) is 4.90 Å². The summed E-state index contributed by atoms with van der Waals surface area (Å²) in [6.45, 7) is 4.70. The van der Waals surface area contributed by atoms with Crippen LogP contribution >= 0.6 is 0 Å². The lowest BCUT2D eigenvalue weighted by molar-refractivity contribution is 0.630. The molecule has 7 aromatic carbocycles. The van der Waals surface area contributed by atoms with Crippen molar-refractivity contribution in [1.29, 1.82) is 0 Å². The number of hydrogen-bond acceptors (Lipinski definition) is 2. The molecule has 0 spiro atoms. The van der Waals surface area contributed by atoms with E-state index < -0.39 is 0 Å². The highest BCUT2D eigenvalue weighted by Crippen LogP contribution is 2.49. The molecule has 2 aromatic heterocycles. The molecule has 222 valence electrons. The number of hydrogen-bond donors (Lipinski definition) is 0. The minimum atomic E-state index is -0.103. The van der Waals surface area contributed by atoms with Crippen molar-refractivity contribution in [2.75, 3.05) is 4.90 Å². The first-order valence-electron chi connectivity index (χ1n) is 16.3. The number of aromatic nitrogens is 2. The van der Waals surface area contributed by atoms with E-state index >= 15 is 0 Å². The molecule has 0 aliphatic carbocycles. The summed E-state index contributed by atoms with van der Waals surface area (Å²) in [4.78, 5) is 7.62. The van der Waals surface area contributed by atoms with E-state index in [1.54, 1.807) is 0 Å². The molecule has 3 heteroatoms. The second kappa shape index (κ2) is 9.54. The highest BCUT2D eigenvalue weighted by atomic mass is 15.2. The van der Waals surface area contributed by atoms with Crippen molar-refractivity contribution in [2.24, 2.45) is 0 Å². The lowest BCUT2D eigenvalue weighted by Crippen LogP contribution is -2.26. The van der Waals surface area contributed by atoms with Crippen LogP contribution in [0.15, 0.2) is 152 Å². The number of nitrogens with zero attached hydrogens (tertiary/aromatic N) is 3. The summed E-state index contributed by atoms with van der Waals surface area (Å²) in [7, 11) is 0. The average Bonchev–Trinajstić information content (AvgIpc) is 3.45. The second-order valence-electron chi connectivity index (χ2n) is 13.2. The van der Waals surface area contributed by atoms with Crippen LogP contribution in [0.25, 0.3) is 59.9 Å². The quantitative estimate of drug-likeness (QED) is 0.188. The van der Waals surface area contributed by atoms with Gasteiger partial charge >= 0.3 is 0 Å². The highest BCUT2D eigenvalue weighted by molar-refractivity contribution is 6.16. The number of rotatable bonds is 3. The number of pyridine rings is 1. The molecule has 0 bridgehead atoms. The molecule has 0 saturated heterocycles. The van der Waals surface area contributed by atoms with Crippen molar-refractivity contribution in [3.8, 4) is 5.69 Å². The van der Waals surface area contributed by atoms with Crippen LogP contribution < -0.4 is 4.90 Å². The molecule has 9 aromatic rings. The molecule has 0 unspecified atom stereocenters. The topological polar surface area (TPSA) is 21.1 Å². The van der Waals surface area contributed by atoms with Crippen LogP contribution in [0, 0.1) is 0 Å². The molecule has 47 heavy (non-hydrogen) atoms. The molecule has 0 radical (unpaired) electrons. The van der Waals surface area contributed by atoms with Gasteiger partial charge in [-0.2, -0.15) is 0 Å². The van der Waals surface area contributed by atoms with E-state index in [4.69, 9.17) is 4.98 Å². The average molecular weight is 602 g/mol. The third-order valence-electron chi connectivity index (χ3n) is 10.3. The van der Waals surface area contributed by atoms with Crippen LogP contribution in [0.5, 0.6) is 0 Å². The van der Waals surface area contributed by atoms with Gasteiger partial charge < -0.3 is 4.57 Å². The number of fused-ring (bicyclic) bond motifs is 9. The van der Waals surface area contributed by atoms with E-state index in [2.05, 4.69) is 175 Å². The van der Waals surface area contributed by atoms with Gasteiger partial charge in [-0.05, 0) is 75.8 Å². The zero-order valence-corrected chi connectivity index (χ0v) is 26.3. The molecule has 0 atom stereocenters. The van der Waals surface area contributed by atoms with Crippen molar-refractivity contribution in [1.82, 2.24) is 9.55 Å². The molecule has 0 fully saturated rings. The molecule has 0 saturated carbocycles. The molecule has 0 N–H and O–H groups in total. The summed E-state index contributed by atoms with van der Waals surface area (Å²) in [6.07, 6.45) is 0. The van der Waals surface area contributed by atoms with Gasteiger partial charge in [0.1, 0.15) is 5.82 Å². The summed E-state index contributed by atoms with van der Waals surface area (Å²) in [6, 6.07) is 55.1. The minimum Gasteiger partial charge on any atom is -0.309 e. The summed E-state index contributed by atoms with van der Waals surface area (Å²) in [5.41, 5.74) is 9.56. The van der Waals surface area contributed by atoms with Gasteiger partial charge in [0.15, 0.2) is 0 Å². The molecular weight excluding hydrogens is 571 g/mol. The maximum atomic E-state index is 5.27. The molecule has 1 aliphatic heterocycles. The standard InChI is InChI=1S/C44H31N3/c1-44(2)36-18-8-10-21-40(36)47-39-24-23-30(27-35(39)34-17-11-19-37(44)43(34)47)46(42-25-22-28-12-4-9-20-38(28)45-42)41-26-29-13-3-5-14-31(29)32-15-6-7-16-33(32)41/h3-27H,1-2H3. The second-order valence-corrected chi connectivity index (χ2v) is 13.2. The Morgan fingerprint density at radius 3 is 2.13 bits per heavy atom. The van der Waals surface area contributed by atoms with E-state index in [9.17, 15) is 0 Å². The molecule has 3 heterocycles. The molecule has 3 nitrogen and oxygen atoms in total. The predicted octanol–water partition coefficient (Wildman–Crippen LogP) is 11.7. The number of anilines is 3. The van der Waals surface area contributed by atoms with E-state index in [0.29, 0.717) is 0 Å². The molecule has 0 amide bonds. The van der Waals surface area contributed by atoms with Crippen molar-refractivity contribution >= 4 is 71.4 Å². The van der Waals surface area contributed by atoms with Crippen LogP contribution in [-0.4, -0.2) is 9.55 Å². The summed E-state index contributed by atoms with van der Waals surface area (Å²) >= 11 is 0. The Balaban J connectivity index is 1.30. The lowest BCUT2D eigenvalue weighted by atomic mass is 9.75. The van der Waals surface area contributed by atoms with Gasteiger partial charge in [0.25, 0.3) is 0 Å². The van der Waals surface area contributed by atoms with E-state index in [1.165, 1.54) is 60.2 Å². The fourth-order valence-corrected chi connectivity index (χ4v) is 8.09. The molecular formula is C44H31N3. The largest absolute Gasteiger partial charge is 0.309 e. The first-order valence-corrected chi connectivity index (χ1v) is 16.3. The normalized spacial score (nSPS) is 13.5. The van der Waals surface area contributed by atoms with Crippen LogP contribution in [-0.2, 0) is 5.41 Å². The van der Waals surface area contributed by atoms with Crippen LogP contribution in [0.4, 0.5) is 17.2 Å². The first kappa shape index (κ1) is 26.3. The Morgan fingerprint density at radius 2 is 1.23 bits per heavy atom. The summed E-state index contributed by atoms with van der Waals surface area (Å²) in [5, 5.41) is 8.53. The third kappa shape index (κ3) is 3.65. The van der Waals surface area contributed by atoms with Crippen molar-refractivity contribution in [2.45, 2.75) is 19.3 Å². The smallest absolute Gasteiger partial charge is 0.138 e. The summed E-state index contributed by atoms with van der Waals surface area (Å²) < 4.78 is 2.48. The molecule has 1 aliphatic rings. The van der Waals surface area contributed by atoms with Crippen LogP contribution in [0.1, 0.15) is 25.0 Å². The fraction of sp³-hybridized carbons (Fsp3) is 0.0682. The molecule has 10 rings (SSSR count). The Kier molecular flexibility index (Phi) is 5.34. The highest BCUT2D eigenvalue weighted by Gasteiger charge is 2.35. The van der Waals surface area contributed by atoms with E-state index in [-0.39, 0.29) is 5.41 Å². The SMILES string of the molecule is CC1(C)c2ccccc2-n2c3ccc(N(c4ccc5ccccc5n4)c4cc5ccccc5c5ccccc45)cc3c3cccc1c32. The van der Waals surface area contributed by atoms with Crippen LogP contribution in [0.3, 0.4) is 0 Å². The van der Waals surface area contributed by atoms with Crippen LogP contribution in [0.2, 0.25) is 0 Å². The Hall–Kier alpha value is -5.93. The predicted molar refractivity (Wildman–Crippen MR) is 198 cm³/mol. The Labute approximate surface area is 272 Å². The van der Waals surface area contributed by atoms with Gasteiger partial charge in [0, 0.05) is 32.6 Å². The maximum Gasteiger partial charge on any atom is 0.138 e. The monoisotopic (exact) mass is 601 g/mol. The number of benzene rings is 7. The van der Waals surface area contributed by atoms with E-state index in [1.807, 2.05) is 0 Å². The zero-order valence-electron chi connectivity index (χ0n) is 26.3. The van der Waals surface area contributed by atoms with Gasteiger partial charge in [-0.25, -0.2) is 4.98 Å². The third-order valence-corrected chi connectivity index (χ3v) is 10.3.